The lowest BCUT2D eigenvalue weighted by atomic mass is 9.96. The van der Waals surface area contributed by atoms with Crippen molar-refractivity contribution in [3.63, 3.8) is 0 Å². The van der Waals surface area contributed by atoms with Gasteiger partial charge in [-0.15, -0.1) is 0 Å². The molecule has 7 heteroatoms. The third-order valence-electron chi connectivity index (χ3n) is 7.14. The van der Waals surface area contributed by atoms with Crippen LogP contribution in [0.3, 0.4) is 0 Å². The Morgan fingerprint density at radius 2 is 1.12 bits per heavy atom. The maximum absolute atomic E-state index is 13.3. The monoisotopic (exact) mass is 425 g/mol. The zero-order chi connectivity index (χ0) is 21.9. The smallest absolute Gasteiger partial charge is 0.262 e. The topological polar surface area (TPSA) is 87.7 Å². The molecule has 7 nitrogen and oxygen atoms in total. The van der Waals surface area contributed by atoms with Gasteiger partial charge in [0.25, 0.3) is 11.8 Å². The second kappa shape index (κ2) is 5.76. The van der Waals surface area contributed by atoms with E-state index in [4.69, 9.17) is 0 Å². The number of aliphatic hydroxyl groups excluding tert-OH is 2. The Labute approximate surface area is 181 Å². The van der Waals surface area contributed by atoms with E-state index >= 15 is 0 Å². The van der Waals surface area contributed by atoms with E-state index < -0.39 is 12.2 Å². The predicted octanol–water partition coefficient (Wildman–Crippen LogP) is 2.86. The zero-order valence-electron chi connectivity index (χ0n) is 17.2. The zero-order valence-corrected chi connectivity index (χ0v) is 17.2. The molecule has 0 aliphatic carbocycles. The van der Waals surface area contributed by atoms with Gasteiger partial charge >= 0.3 is 0 Å². The molecule has 3 aromatic carbocycles. The summed E-state index contributed by atoms with van der Waals surface area (Å²) in [6, 6.07) is 15.4. The summed E-state index contributed by atoms with van der Waals surface area (Å²) in [5.41, 5.74) is 4.20. The van der Waals surface area contributed by atoms with Gasteiger partial charge in [-0.05, 0) is 12.1 Å². The molecule has 0 radical (unpaired) electrons. The lowest BCUT2D eigenvalue weighted by Crippen LogP contribution is -2.35. The Morgan fingerprint density at radius 1 is 0.719 bits per heavy atom. The van der Waals surface area contributed by atoms with Gasteiger partial charge in [-0.2, -0.15) is 0 Å². The van der Waals surface area contributed by atoms with E-state index in [0.717, 1.165) is 43.6 Å². The van der Waals surface area contributed by atoms with Crippen molar-refractivity contribution in [1.82, 2.24) is 14.0 Å². The highest BCUT2D eigenvalue weighted by Crippen LogP contribution is 2.46. The van der Waals surface area contributed by atoms with Crippen LogP contribution in [-0.2, 0) is 13.1 Å². The van der Waals surface area contributed by atoms with Crippen molar-refractivity contribution in [2.45, 2.75) is 25.3 Å². The van der Waals surface area contributed by atoms with Crippen molar-refractivity contribution in [2.24, 2.45) is 0 Å². The minimum absolute atomic E-state index is 0.193. The van der Waals surface area contributed by atoms with Crippen molar-refractivity contribution in [3.8, 4) is 0 Å². The summed E-state index contributed by atoms with van der Waals surface area (Å²) < 4.78 is 3.98. The van der Waals surface area contributed by atoms with E-state index in [-0.39, 0.29) is 24.9 Å². The molecule has 2 atom stereocenters. The second-order valence-corrected chi connectivity index (χ2v) is 8.76. The van der Waals surface area contributed by atoms with E-state index in [2.05, 4.69) is 0 Å². The molecule has 0 bridgehead atoms. The number of carbonyl (C=O) groups excluding carboxylic acids is 2. The summed E-state index contributed by atoms with van der Waals surface area (Å²) in [4.78, 5) is 27.9. The molecular weight excluding hydrogens is 406 g/mol. The molecule has 2 unspecified atom stereocenters. The highest BCUT2D eigenvalue weighted by atomic mass is 16.3. The van der Waals surface area contributed by atoms with Gasteiger partial charge in [-0.25, -0.2) is 0 Å². The summed E-state index contributed by atoms with van der Waals surface area (Å²) in [6.07, 6.45) is -1.96. The van der Waals surface area contributed by atoms with Gasteiger partial charge in [0, 0.05) is 39.6 Å². The molecule has 2 N–H and O–H groups in total. The molecule has 4 heterocycles. The number of nitrogens with zero attached hydrogens (tertiary/aromatic N) is 3. The number of imide groups is 1. The third-order valence-corrected chi connectivity index (χ3v) is 7.14. The highest BCUT2D eigenvalue weighted by molar-refractivity contribution is 6.39. The number of para-hydroxylation sites is 2. The van der Waals surface area contributed by atoms with Crippen LogP contribution < -0.4 is 0 Å². The highest BCUT2D eigenvalue weighted by Gasteiger charge is 2.41. The van der Waals surface area contributed by atoms with Crippen molar-refractivity contribution in [3.05, 3.63) is 59.7 Å². The Morgan fingerprint density at radius 3 is 1.56 bits per heavy atom. The second-order valence-electron chi connectivity index (χ2n) is 8.76. The molecule has 2 amide bonds. The molecule has 32 heavy (non-hydrogen) atoms. The molecule has 0 saturated carbocycles. The molecular formula is C25H19N3O4. The molecule has 158 valence electrons. The Hall–Kier alpha value is -3.68. The number of aliphatic hydroxyl groups is 2. The summed E-state index contributed by atoms with van der Waals surface area (Å²) >= 11 is 0. The number of hydrogen-bond acceptors (Lipinski definition) is 4. The van der Waals surface area contributed by atoms with Gasteiger partial charge in [0.1, 0.15) is 0 Å². The first kappa shape index (κ1) is 17.9. The summed E-state index contributed by atoms with van der Waals surface area (Å²) in [5.74, 6) is -0.622. The SMILES string of the molecule is CN1C(=O)c2c(c3c4ccccc4n4c3c3c2c2ccccc2n3CC(O)C(O)C4)C1=O. The Kier molecular flexibility index (Phi) is 3.23. The summed E-state index contributed by atoms with van der Waals surface area (Å²) in [7, 11) is 1.52. The minimum Gasteiger partial charge on any atom is -0.388 e. The molecule has 0 spiro atoms. The first-order chi connectivity index (χ1) is 15.5. The normalized spacial score (nSPS) is 20.8. The fourth-order valence-electron chi connectivity index (χ4n) is 5.71. The van der Waals surface area contributed by atoms with Gasteiger partial charge in [-0.1, -0.05) is 36.4 Å². The van der Waals surface area contributed by atoms with Crippen LogP contribution in [0.5, 0.6) is 0 Å². The predicted molar refractivity (Wildman–Crippen MR) is 121 cm³/mol. The molecule has 5 aromatic rings. The minimum atomic E-state index is -0.980. The van der Waals surface area contributed by atoms with Crippen LogP contribution in [0, 0.1) is 0 Å². The van der Waals surface area contributed by atoms with E-state index in [0.29, 0.717) is 11.1 Å². The standard InChI is InChI=1S/C25H19N3O4/c1-26-24(31)20-18-12-6-2-4-8-14(12)27-10-16(29)17(30)11-28-15-9-5-3-7-13(15)19(21(20)25(26)32)23(28)22(18)27/h2-9,16-17,29-30H,10-11H2,1H3. The average Bonchev–Trinajstić information content (AvgIpc) is 3.36. The van der Waals surface area contributed by atoms with Crippen LogP contribution >= 0.6 is 0 Å². The lowest BCUT2D eigenvalue weighted by molar-refractivity contribution is 0.00168. The average molecular weight is 425 g/mol. The summed E-state index contributed by atoms with van der Waals surface area (Å²) in [6.45, 7) is 0.386. The van der Waals surface area contributed by atoms with E-state index in [1.807, 2.05) is 57.7 Å². The van der Waals surface area contributed by atoms with E-state index in [1.54, 1.807) is 0 Å². The third kappa shape index (κ3) is 1.90. The van der Waals surface area contributed by atoms with Gasteiger partial charge in [-0.3, -0.25) is 14.5 Å². The van der Waals surface area contributed by atoms with Crippen LogP contribution in [0.2, 0.25) is 0 Å². The summed E-state index contributed by atoms with van der Waals surface area (Å²) in [5, 5.41) is 24.8. The molecule has 0 fully saturated rings. The van der Waals surface area contributed by atoms with Gasteiger partial charge < -0.3 is 19.3 Å². The quantitative estimate of drug-likeness (QED) is 0.374. The number of rotatable bonds is 0. The molecule has 2 aromatic heterocycles. The fourth-order valence-corrected chi connectivity index (χ4v) is 5.71. The largest absolute Gasteiger partial charge is 0.388 e. The fraction of sp³-hybridized carbons (Fsp3) is 0.200. The van der Waals surface area contributed by atoms with Crippen LogP contribution in [-0.4, -0.2) is 55.3 Å². The van der Waals surface area contributed by atoms with Gasteiger partial charge in [0.2, 0.25) is 0 Å². The maximum atomic E-state index is 13.3. The first-order valence-electron chi connectivity index (χ1n) is 10.7. The molecule has 7 rings (SSSR count). The van der Waals surface area contributed by atoms with Crippen molar-refractivity contribution < 1.29 is 19.8 Å². The number of carbonyl (C=O) groups is 2. The lowest BCUT2D eigenvalue weighted by Gasteiger charge is -2.24. The Balaban J connectivity index is 1.89. The van der Waals surface area contributed by atoms with E-state index in [1.165, 1.54) is 11.9 Å². The Bertz CT molecular complexity index is 1550. The van der Waals surface area contributed by atoms with Gasteiger partial charge in [0.15, 0.2) is 0 Å². The maximum Gasteiger partial charge on any atom is 0.262 e. The van der Waals surface area contributed by atoms with Crippen LogP contribution in [0.4, 0.5) is 0 Å². The number of benzene rings is 3. The van der Waals surface area contributed by atoms with Crippen molar-refractivity contribution in [1.29, 1.82) is 0 Å². The van der Waals surface area contributed by atoms with Crippen LogP contribution in [0.15, 0.2) is 48.5 Å². The number of aromatic nitrogens is 2. The van der Waals surface area contributed by atoms with Gasteiger partial charge in [0.05, 0.1) is 47.5 Å². The first-order valence-corrected chi connectivity index (χ1v) is 10.7. The van der Waals surface area contributed by atoms with E-state index in [9.17, 15) is 19.8 Å². The van der Waals surface area contributed by atoms with Crippen molar-refractivity contribution in [2.75, 3.05) is 7.05 Å². The number of hydrogen-bond donors (Lipinski definition) is 2. The molecule has 0 saturated heterocycles. The number of fused-ring (bicyclic) bond motifs is 9. The van der Waals surface area contributed by atoms with Crippen LogP contribution in [0.25, 0.3) is 43.6 Å². The molecule has 2 aliphatic rings. The molecule has 2 aliphatic heterocycles. The van der Waals surface area contributed by atoms with Crippen molar-refractivity contribution >= 4 is 55.4 Å². The van der Waals surface area contributed by atoms with Crippen LogP contribution in [0.1, 0.15) is 20.7 Å². The number of amides is 2.